The molecule has 2 rings (SSSR count). The predicted molar refractivity (Wildman–Crippen MR) is 97.4 cm³/mol. The fraction of sp³-hybridized carbons (Fsp3) is 0.263. The molecule has 0 aliphatic rings. The second kappa shape index (κ2) is 10.2. The van der Waals surface area contributed by atoms with E-state index in [-0.39, 0.29) is 24.7 Å². The summed E-state index contributed by atoms with van der Waals surface area (Å²) in [5.74, 6) is -2.18. The third-order valence-corrected chi connectivity index (χ3v) is 3.55. The van der Waals surface area contributed by atoms with Gasteiger partial charge in [0.2, 0.25) is 11.8 Å². The molecule has 27 heavy (non-hydrogen) atoms. The first kappa shape index (κ1) is 20.3. The molecule has 0 aliphatic heterocycles. The second-order valence-corrected chi connectivity index (χ2v) is 5.85. The van der Waals surface area contributed by atoms with E-state index in [0.29, 0.717) is 13.2 Å². The van der Waals surface area contributed by atoms with Crippen molar-refractivity contribution >= 4 is 17.5 Å². The van der Waals surface area contributed by atoms with Crippen molar-refractivity contribution in [2.75, 3.05) is 38.6 Å². The van der Waals surface area contributed by atoms with Crippen molar-refractivity contribution in [2.24, 2.45) is 0 Å². The van der Waals surface area contributed by atoms with Crippen LogP contribution < -0.4 is 15.4 Å². The number of hydrogen-bond acceptors (Lipinski definition) is 4. The second-order valence-electron chi connectivity index (χ2n) is 5.85. The Morgan fingerprint density at radius 1 is 1.04 bits per heavy atom. The summed E-state index contributed by atoms with van der Waals surface area (Å²) in [7, 11) is 1.76. The minimum atomic E-state index is -1.06. The molecule has 2 amide bonds. The summed E-state index contributed by atoms with van der Waals surface area (Å²) in [4.78, 5) is 25.4. The number of para-hydroxylation sites is 1. The summed E-state index contributed by atoms with van der Waals surface area (Å²) in [5, 5.41) is 4.84. The molecular weight excluding hydrogens is 356 g/mol. The number of halogens is 2. The number of ether oxygens (including phenoxy) is 1. The lowest BCUT2D eigenvalue weighted by Gasteiger charge is -2.16. The number of anilines is 1. The Hall–Kier alpha value is -3.00. The average Bonchev–Trinajstić information content (AvgIpc) is 2.64. The van der Waals surface area contributed by atoms with Gasteiger partial charge in [0.25, 0.3) is 0 Å². The Kier molecular flexibility index (Phi) is 7.69. The van der Waals surface area contributed by atoms with Crippen LogP contribution in [0.1, 0.15) is 0 Å². The van der Waals surface area contributed by atoms with E-state index in [1.165, 1.54) is 6.07 Å². The van der Waals surface area contributed by atoms with E-state index in [1.54, 1.807) is 11.9 Å². The fourth-order valence-electron chi connectivity index (χ4n) is 2.17. The minimum absolute atomic E-state index is 0.0939. The van der Waals surface area contributed by atoms with Gasteiger partial charge in [-0.05, 0) is 31.3 Å². The van der Waals surface area contributed by atoms with Crippen molar-refractivity contribution in [3.05, 3.63) is 60.2 Å². The van der Waals surface area contributed by atoms with E-state index in [9.17, 15) is 18.4 Å². The van der Waals surface area contributed by atoms with Crippen molar-refractivity contribution in [3.63, 3.8) is 0 Å². The minimum Gasteiger partial charge on any atom is -0.492 e. The van der Waals surface area contributed by atoms with Crippen molar-refractivity contribution in [3.8, 4) is 5.75 Å². The van der Waals surface area contributed by atoms with Crippen LogP contribution in [0, 0.1) is 11.6 Å². The SMILES string of the molecule is CN(CCOc1ccccc1)CC(=O)NCC(=O)Nc1ccc(F)c(F)c1. The Labute approximate surface area is 156 Å². The average molecular weight is 377 g/mol. The van der Waals surface area contributed by atoms with Crippen molar-refractivity contribution in [1.82, 2.24) is 10.2 Å². The number of hydrogen-bond donors (Lipinski definition) is 2. The molecule has 8 heteroatoms. The molecule has 0 aliphatic carbocycles. The van der Waals surface area contributed by atoms with E-state index in [1.807, 2.05) is 30.3 Å². The number of nitrogens with zero attached hydrogens (tertiary/aromatic N) is 1. The molecule has 0 heterocycles. The Bertz CT molecular complexity index is 772. The van der Waals surface area contributed by atoms with Crippen molar-refractivity contribution in [2.45, 2.75) is 0 Å². The highest BCUT2D eigenvalue weighted by molar-refractivity contribution is 5.94. The molecule has 0 fully saturated rings. The number of benzene rings is 2. The lowest BCUT2D eigenvalue weighted by atomic mass is 10.3. The quantitative estimate of drug-likeness (QED) is 0.702. The van der Waals surface area contributed by atoms with Gasteiger partial charge in [-0.2, -0.15) is 0 Å². The first-order valence-electron chi connectivity index (χ1n) is 8.32. The Balaban J connectivity index is 1.64. The molecule has 0 spiro atoms. The molecule has 0 saturated heterocycles. The number of nitrogens with one attached hydrogen (secondary N) is 2. The number of likely N-dealkylation sites (N-methyl/N-ethyl adjacent to an activating group) is 1. The summed E-state index contributed by atoms with van der Waals surface area (Å²) in [6.45, 7) is 0.774. The molecule has 2 aromatic rings. The van der Waals surface area contributed by atoms with Crippen molar-refractivity contribution < 1.29 is 23.1 Å². The molecule has 0 aromatic heterocycles. The molecular formula is C19H21F2N3O3. The summed E-state index contributed by atoms with van der Waals surface area (Å²) in [6.07, 6.45) is 0. The van der Waals surface area contributed by atoms with Gasteiger partial charge < -0.3 is 15.4 Å². The number of rotatable bonds is 9. The maximum absolute atomic E-state index is 13.1. The largest absolute Gasteiger partial charge is 0.492 e. The van der Waals surface area contributed by atoms with Gasteiger partial charge in [0.1, 0.15) is 12.4 Å². The highest BCUT2D eigenvalue weighted by atomic mass is 19.2. The number of carbonyl (C=O) groups excluding carboxylic acids is 2. The predicted octanol–water partition coefficient (Wildman–Crippen LogP) is 2.03. The topological polar surface area (TPSA) is 70.7 Å². The number of amides is 2. The van der Waals surface area contributed by atoms with E-state index >= 15 is 0 Å². The van der Waals surface area contributed by atoms with Crippen LogP contribution in [0.3, 0.4) is 0 Å². The fourth-order valence-corrected chi connectivity index (χ4v) is 2.17. The van der Waals surface area contributed by atoms with Crippen LogP contribution in [0.25, 0.3) is 0 Å². The highest BCUT2D eigenvalue weighted by Crippen LogP contribution is 2.12. The van der Waals surface area contributed by atoms with E-state index in [0.717, 1.165) is 17.9 Å². The van der Waals surface area contributed by atoms with Crippen LogP contribution in [-0.4, -0.2) is 50.0 Å². The molecule has 0 radical (unpaired) electrons. The van der Waals surface area contributed by atoms with Crippen LogP contribution in [0.2, 0.25) is 0 Å². The molecule has 0 unspecified atom stereocenters. The lowest BCUT2D eigenvalue weighted by Crippen LogP contribution is -2.40. The first-order valence-corrected chi connectivity index (χ1v) is 8.32. The molecule has 0 atom stereocenters. The highest BCUT2D eigenvalue weighted by Gasteiger charge is 2.10. The zero-order chi connectivity index (χ0) is 19.6. The van der Waals surface area contributed by atoms with E-state index in [2.05, 4.69) is 10.6 Å². The van der Waals surface area contributed by atoms with Crippen LogP contribution in [0.5, 0.6) is 5.75 Å². The molecule has 0 bridgehead atoms. The lowest BCUT2D eigenvalue weighted by molar-refractivity contribution is -0.124. The van der Waals surface area contributed by atoms with Gasteiger partial charge in [-0.3, -0.25) is 14.5 Å². The summed E-state index contributed by atoms with van der Waals surface area (Å²) in [5.41, 5.74) is 0.114. The molecule has 0 saturated carbocycles. The third-order valence-electron chi connectivity index (χ3n) is 3.55. The summed E-state index contributed by atoms with van der Waals surface area (Å²) in [6, 6.07) is 12.3. The Morgan fingerprint density at radius 2 is 1.78 bits per heavy atom. The Morgan fingerprint density at radius 3 is 2.48 bits per heavy atom. The van der Waals surface area contributed by atoms with E-state index in [4.69, 9.17) is 4.74 Å². The van der Waals surface area contributed by atoms with Crippen molar-refractivity contribution in [1.29, 1.82) is 0 Å². The van der Waals surface area contributed by atoms with Crippen LogP contribution in [-0.2, 0) is 9.59 Å². The third kappa shape index (κ3) is 7.41. The molecule has 2 aromatic carbocycles. The summed E-state index contributed by atoms with van der Waals surface area (Å²) >= 11 is 0. The monoisotopic (exact) mass is 377 g/mol. The molecule has 2 N–H and O–H groups in total. The first-order chi connectivity index (χ1) is 12.9. The maximum Gasteiger partial charge on any atom is 0.243 e. The number of carbonyl (C=O) groups is 2. The van der Waals surface area contributed by atoms with Crippen LogP contribution in [0.4, 0.5) is 14.5 Å². The summed E-state index contributed by atoms with van der Waals surface area (Å²) < 4.78 is 31.5. The normalized spacial score (nSPS) is 10.5. The smallest absolute Gasteiger partial charge is 0.243 e. The van der Waals surface area contributed by atoms with Gasteiger partial charge in [0.15, 0.2) is 11.6 Å². The van der Waals surface area contributed by atoms with Gasteiger partial charge in [0.05, 0.1) is 13.1 Å². The standard InChI is InChI=1S/C19H21F2N3O3/c1-24(9-10-27-15-5-3-2-4-6-15)13-19(26)22-12-18(25)23-14-7-8-16(20)17(21)11-14/h2-8,11H,9-10,12-13H2,1H3,(H,22,26)(H,23,25). The van der Waals surface area contributed by atoms with Gasteiger partial charge in [-0.1, -0.05) is 18.2 Å². The zero-order valence-electron chi connectivity index (χ0n) is 14.9. The van der Waals surface area contributed by atoms with Gasteiger partial charge in [-0.25, -0.2) is 8.78 Å². The molecule has 144 valence electrons. The zero-order valence-corrected chi connectivity index (χ0v) is 14.9. The maximum atomic E-state index is 13.1. The van der Waals surface area contributed by atoms with Gasteiger partial charge in [0, 0.05) is 18.3 Å². The van der Waals surface area contributed by atoms with Crippen LogP contribution >= 0.6 is 0 Å². The molecule has 6 nitrogen and oxygen atoms in total. The van der Waals surface area contributed by atoms with E-state index < -0.39 is 17.5 Å². The van der Waals surface area contributed by atoms with Crippen LogP contribution in [0.15, 0.2) is 48.5 Å². The van der Waals surface area contributed by atoms with Gasteiger partial charge in [-0.15, -0.1) is 0 Å². The van der Waals surface area contributed by atoms with Gasteiger partial charge >= 0.3 is 0 Å².